The molecule has 1 aliphatic carbocycles. The third-order valence-corrected chi connectivity index (χ3v) is 4.03. The van der Waals surface area contributed by atoms with E-state index in [1.54, 1.807) is 7.11 Å². The summed E-state index contributed by atoms with van der Waals surface area (Å²) >= 11 is 0. The van der Waals surface area contributed by atoms with Gasteiger partial charge in [-0.15, -0.1) is 0 Å². The van der Waals surface area contributed by atoms with Gasteiger partial charge in [0.05, 0.1) is 7.11 Å². The molecule has 1 aromatic rings. The summed E-state index contributed by atoms with van der Waals surface area (Å²) in [5.74, 6) is 2.48. The quantitative estimate of drug-likeness (QED) is 0.807. The van der Waals surface area contributed by atoms with Crippen LogP contribution in [0, 0.1) is 5.92 Å². The van der Waals surface area contributed by atoms with Crippen LogP contribution in [0.2, 0.25) is 0 Å². The van der Waals surface area contributed by atoms with E-state index in [0.717, 1.165) is 11.7 Å². The van der Waals surface area contributed by atoms with Gasteiger partial charge in [-0.25, -0.2) is 0 Å². The normalized spacial score (nSPS) is 24.2. The minimum Gasteiger partial charge on any atom is -0.497 e. The Labute approximate surface area is 111 Å². The first-order valence-corrected chi connectivity index (χ1v) is 6.99. The van der Waals surface area contributed by atoms with Gasteiger partial charge >= 0.3 is 0 Å². The van der Waals surface area contributed by atoms with Crippen LogP contribution in [0.5, 0.6) is 5.75 Å². The van der Waals surface area contributed by atoms with Crippen molar-refractivity contribution < 1.29 is 4.74 Å². The summed E-state index contributed by atoms with van der Waals surface area (Å²) in [7, 11) is 6.10. The summed E-state index contributed by atoms with van der Waals surface area (Å²) < 4.78 is 5.35. The molecule has 0 N–H and O–H groups in total. The maximum atomic E-state index is 5.35. The van der Waals surface area contributed by atoms with Crippen molar-refractivity contribution in [3.05, 3.63) is 29.8 Å². The number of ether oxygens (including phenoxy) is 1. The second-order valence-corrected chi connectivity index (χ2v) is 5.69. The lowest BCUT2D eigenvalue weighted by Gasteiger charge is -2.34. The van der Waals surface area contributed by atoms with E-state index < -0.39 is 0 Å². The molecular weight excluding hydrogens is 222 g/mol. The summed E-state index contributed by atoms with van der Waals surface area (Å²) in [6.45, 7) is 1.20. The maximum Gasteiger partial charge on any atom is 0.119 e. The van der Waals surface area contributed by atoms with Gasteiger partial charge in [0.2, 0.25) is 0 Å². The molecule has 0 heterocycles. The number of nitrogens with zero attached hydrogens (tertiary/aromatic N) is 1. The van der Waals surface area contributed by atoms with Crippen molar-refractivity contribution in [3.63, 3.8) is 0 Å². The monoisotopic (exact) mass is 247 g/mol. The second-order valence-electron chi connectivity index (χ2n) is 5.69. The standard InChI is InChI=1S/C16H25NO/c1-17(2)12-14-7-4-5-10-16(14)13-8-6-9-15(11-13)18-3/h6,8-9,11,14,16H,4-5,7,10,12H2,1-3H3/t14?,16-/m0/s1. The van der Waals surface area contributed by atoms with Crippen molar-refractivity contribution in [2.75, 3.05) is 27.7 Å². The van der Waals surface area contributed by atoms with Crippen LogP contribution in [0.3, 0.4) is 0 Å². The molecule has 1 unspecified atom stereocenters. The van der Waals surface area contributed by atoms with Crippen molar-refractivity contribution in [2.45, 2.75) is 31.6 Å². The van der Waals surface area contributed by atoms with E-state index in [9.17, 15) is 0 Å². The second kappa shape index (κ2) is 6.24. The van der Waals surface area contributed by atoms with Gasteiger partial charge in [-0.2, -0.15) is 0 Å². The highest BCUT2D eigenvalue weighted by molar-refractivity contribution is 5.31. The minimum atomic E-state index is 0.705. The van der Waals surface area contributed by atoms with Gasteiger partial charge in [0, 0.05) is 6.54 Å². The van der Waals surface area contributed by atoms with Crippen molar-refractivity contribution in [1.82, 2.24) is 4.90 Å². The van der Waals surface area contributed by atoms with Gasteiger partial charge in [0.15, 0.2) is 0 Å². The lowest BCUT2D eigenvalue weighted by Crippen LogP contribution is -2.28. The predicted molar refractivity (Wildman–Crippen MR) is 76.2 cm³/mol. The highest BCUT2D eigenvalue weighted by Gasteiger charge is 2.26. The third kappa shape index (κ3) is 3.26. The molecule has 18 heavy (non-hydrogen) atoms. The molecule has 1 aromatic carbocycles. The SMILES string of the molecule is COc1cccc([C@@H]2CCCCC2CN(C)C)c1. The summed E-state index contributed by atoms with van der Waals surface area (Å²) in [4.78, 5) is 2.32. The molecule has 2 nitrogen and oxygen atoms in total. The zero-order valence-electron chi connectivity index (χ0n) is 11.9. The fourth-order valence-corrected chi connectivity index (χ4v) is 3.21. The number of hydrogen-bond donors (Lipinski definition) is 0. The van der Waals surface area contributed by atoms with Crippen LogP contribution in [0.1, 0.15) is 37.2 Å². The van der Waals surface area contributed by atoms with Crippen LogP contribution in [0.15, 0.2) is 24.3 Å². The summed E-state index contributed by atoms with van der Waals surface area (Å²) in [5, 5.41) is 0. The molecule has 0 saturated heterocycles. The molecule has 0 aliphatic heterocycles. The van der Waals surface area contributed by atoms with Crippen LogP contribution < -0.4 is 4.74 Å². The Morgan fingerprint density at radius 2 is 2.00 bits per heavy atom. The van der Waals surface area contributed by atoms with Crippen molar-refractivity contribution in [1.29, 1.82) is 0 Å². The van der Waals surface area contributed by atoms with E-state index in [0.29, 0.717) is 5.92 Å². The van der Waals surface area contributed by atoms with E-state index in [1.165, 1.54) is 37.8 Å². The summed E-state index contributed by atoms with van der Waals surface area (Å²) in [6, 6.07) is 8.64. The van der Waals surface area contributed by atoms with Crippen LogP contribution >= 0.6 is 0 Å². The Hall–Kier alpha value is -1.02. The van der Waals surface area contributed by atoms with Crippen molar-refractivity contribution in [3.8, 4) is 5.75 Å². The molecule has 0 radical (unpaired) electrons. The van der Waals surface area contributed by atoms with Crippen LogP contribution in [-0.2, 0) is 0 Å². The minimum absolute atomic E-state index is 0.705. The largest absolute Gasteiger partial charge is 0.497 e. The highest BCUT2D eigenvalue weighted by atomic mass is 16.5. The zero-order valence-corrected chi connectivity index (χ0v) is 11.9. The van der Waals surface area contributed by atoms with Crippen LogP contribution in [0.25, 0.3) is 0 Å². The van der Waals surface area contributed by atoms with Gasteiger partial charge in [-0.05, 0) is 56.5 Å². The lowest BCUT2D eigenvalue weighted by molar-refractivity contribution is 0.233. The van der Waals surface area contributed by atoms with E-state index in [4.69, 9.17) is 4.74 Å². The van der Waals surface area contributed by atoms with Crippen molar-refractivity contribution >= 4 is 0 Å². The number of rotatable bonds is 4. The number of methoxy groups -OCH3 is 1. The van der Waals surface area contributed by atoms with Gasteiger partial charge in [-0.3, -0.25) is 0 Å². The lowest BCUT2D eigenvalue weighted by atomic mass is 9.75. The molecule has 0 bridgehead atoms. The molecule has 2 rings (SSSR count). The third-order valence-electron chi connectivity index (χ3n) is 4.03. The summed E-state index contributed by atoms with van der Waals surface area (Å²) in [6.07, 6.45) is 5.44. The van der Waals surface area contributed by atoms with E-state index in [-0.39, 0.29) is 0 Å². The Morgan fingerprint density at radius 1 is 1.22 bits per heavy atom. The predicted octanol–water partition coefficient (Wildman–Crippen LogP) is 3.53. The topological polar surface area (TPSA) is 12.5 Å². The van der Waals surface area contributed by atoms with Crippen LogP contribution in [-0.4, -0.2) is 32.6 Å². The molecule has 2 heteroatoms. The molecule has 0 amide bonds. The molecule has 100 valence electrons. The fraction of sp³-hybridized carbons (Fsp3) is 0.625. The smallest absolute Gasteiger partial charge is 0.119 e. The fourth-order valence-electron chi connectivity index (χ4n) is 3.21. The van der Waals surface area contributed by atoms with E-state index >= 15 is 0 Å². The Morgan fingerprint density at radius 3 is 2.72 bits per heavy atom. The number of benzene rings is 1. The Kier molecular flexibility index (Phi) is 4.65. The van der Waals surface area contributed by atoms with Gasteiger partial charge < -0.3 is 9.64 Å². The van der Waals surface area contributed by atoms with Gasteiger partial charge in [-0.1, -0.05) is 25.0 Å². The van der Waals surface area contributed by atoms with Crippen LogP contribution in [0.4, 0.5) is 0 Å². The first kappa shape index (κ1) is 13.4. The van der Waals surface area contributed by atoms with Crippen molar-refractivity contribution in [2.24, 2.45) is 5.92 Å². The highest BCUT2D eigenvalue weighted by Crippen LogP contribution is 2.38. The van der Waals surface area contributed by atoms with Gasteiger partial charge in [0.25, 0.3) is 0 Å². The maximum absolute atomic E-state index is 5.35. The first-order chi connectivity index (χ1) is 8.70. The zero-order chi connectivity index (χ0) is 13.0. The molecule has 0 aromatic heterocycles. The first-order valence-electron chi connectivity index (χ1n) is 6.99. The number of hydrogen-bond acceptors (Lipinski definition) is 2. The average Bonchev–Trinajstić information content (AvgIpc) is 2.39. The molecule has 1 aliphatic rings. The summed E-state index contributed by atoms with van der Waals surface area (Å²) in [5.41, 5.74) is 1.46. The Balaban J connectivity index is 2.16. The Bertz CT molecular complexity index is 375. The molecule has 0 spiro atoms. The average molecular weight is 247 g/mol. The molecule has 2 atom stereocenters. The van der Waals surface area contributed by atoms with E-state index in [2.05, 4.69) is 37.2 Å². The molecule has 1 fully saturated rings. The molecular formula is C16H25NO. The van der Waals surface area contributed by atoms with E-state index in [1.807, 2.05) is 6.07 Å². The molecule has 1 saturated carbocycles. The van der Waals surface area contributed by atoms with Gasteiger partial charge in [0.1, 0.15) is 5.75 Å².